The molecule has 6 heteroatoms. The summed E-state index contributed by atoms with van der Waals surface area (Å²) in [7, 11) is 2.65. The minimum absolute atomic E-state index is 0.153. The van der Waals surface area contributed by atoms with Gasteiger partial charge in [0.15, 0.2) is 0 Å². The number of hydrogen-bond donors (Lipinski definition) is 2. The molecular weight excluding hydrogens is 469 g/mol. The molecule has 192 valence electrons. The third-order valence-electron chi connectivity index (χ3n) is 6.42. The molecule has 0 saturated carbocycles. The second kappa shape index (κ2) is 12.0. The lowest BCUT2D eigenvalue weighted by Crippen LogP contribution is -2.15. The predicted octanol–water partition coefficient (Wildman–Crippen LogP) is 6.16. The Bertz CT molecular complexity index is 1270. The summed E-state index contributed by atoms with van der Waals surface area (Å²) in [6, 6.07) is 17.3. The molecule has 0 aromatic heterocycles. The van der Waals surface area contributed by atoms with E-state index in [1.807, 2.05) is 45.3 Å². The quantitative estimate of drug-likeness (QED) is 0.435. The van der Waals surface area contributed by atoms with Gasteiger partial charge in [0.25, 0.3) is 0 Å². The van der Waals surface area contributed by atoms with Crippen molar-refractivity contribution in [3.63, 3.8) is 0 Å². The number of halogens is 1. The molecule has 0 heterocycles. The summed E-state index contributed by atoms with van der Waals surface area (Å²) in [6.07, 6.45) is 2.97. The fraction of sp³-hybridized carbons (Fsp3) is 0.333. The van der Waals surface area contributed by atoms with E-state index >= 15 is 0 Å². The Morgan fingerprint density at radius 3 is 2.28 bits per heavy atom. The number of nitrogens with zero attached hydrogens (tertiary/aromatic N) is 1. The molecule has 0 amide bonds. The second-order valence-electron chi connectivity index (χ2n) is 10.1. The molecule has 4 rings (SSSR count). The minimum atomic E-state index is -1.36. The van der Waals surface area contributed by atoms with Crippen LogP contribution in [-0.4, -0.2) is 23.2 Å². The molecule has 4 nitrogen and oxygen atoms in total. The number of allylic oxidation sites excluding steroid dienone is 2. The van der Waals surface area contributed by atoms with Gasteiger partial charge in [0.1, 0.15) is 16.8 Å². The Hall–Kier alpha value is -2.80. The van der Waals surface area contributed by atoms with Gasteiger partial charge in [-0.25, -0.2) is 13.7 Å². The lowest BCUT2D eigenvalue weighted by molar-refractivity contribution is 0.402. The topological polar surface area (TPSA) is 72.3 Å². The SMILES string of the molecule is CN(C)Cc1ccc(S(N)=O)cc1.Cc1cc(-c2cc(C(C)C)c3c(c2)C(C)C=C(N)C3)ccc1F. The average Bonchev–Trinajstić information content (AvgIpc) is 2.80. The van der Waals surface area contributed by atoms with Crippen LogP contribution in [0.4, 0.5) is 4.39 Å². The maximum absolute atomic E-state index is 13.6. The molecule has 0 bridgehead atoms. The summed E-state index contributed by atoms with van der Waals surface area (Å²) in [6.45, 7) is 9.32. The number of hydrogen-bond acceptors (Lipinski definition) is 3. The van der Waals surface area contributed by atoms with Crippen LogP contribution >= 0.6 is 0 Å². The Kier molecular flexibility index (Phi) is 9.23. The maximum Gasteiger partial charge on any atom is 0.126 e. The molecule has 1 aliphatic carbocycles. The largest absolute Gasteiger partial charge is 0.402 e. The van der Waals surface area contributed by atoms with E-state index in [0.717, 1.165) is 29.8 Å². The summed E-state index contributed by atoms with van der Waals surface area (Å²) in [5.74, 6) is 0.598. The molecule has 0 aliphatic heterocycles. The summed E-state index contributed by atoms with van der Waals surface area (Å²) in [5, 5.41) is 5.23. The van der Waals surface area contributed by atoms with Crippen LogP contribution in [0.25, 0.3) is 11.1 Å². The van der Waals surface area contributed by atoms with Crippen molar-refractivity contribution in [3.05, 3.63) is 100 Å². The van der Waals surface area contributed by atoms with Crippen molar-refractivity contribution < 1.29 is 8.60 Å². The smallest absolute Gasteiger partial charge is 0.126 e. The van der Waals surface area contributed by atoms with Crippen LogP contribution < -0.4 is 10.9 Å². The molecule has 0 spiro atoms. The molecule has 4 N–H and O–H groups in total. The monoisotopic (exact) mass is 507 g/mol. The zero-order valence-corrected chi connectivity index (χ0v) is 23.0. The van der Waals surface area contributed by atoms with Crippen LogP contribution in [0, 0.1) is 12.7 Å². The average molecular weight is 508 g/mol. The van der Waals surface area contributed by atoms with Crippen molar-refractivity contribution in [1.82, 2.24) is 4.90 Å². The highest BCUT2D eigenvalue weighted by atomic mass is 32.2. The third-order valence-corrected chi connectivity index (χ3v) is 7.16. The lowest BCUT2D eigenvalue weighted by atomic mass is 9.80. The lowest BCUT2D eigenvalue weighted by Gasteiger charge is -2.26. The Balaban J connectivity index is 0.000000236. The Labute approximate surface area is 217 Å². The van der Waals surface area contributed by atoms with Crippen LogP contribution in [0.1, 0.15) is 60.4 Å². The van der Waals surface area contributed by atoms with E-state index in [0.29, 0.717) is 22.3 Å². The molecule has 0 saturated heterocycles. The highest BCUT2D eigenvalue weighted by Crippen LogP contribution is 2.37. The van der Waals surface area contributed by atoms with Crippen LogP contribution in [-0.2, 0) is 24.0 Å². The van der Waals surface area contributed by atoms with E-state index in [9.17, 15) is 8.60 Å². The first kappa shape index (κ1) is 27.8. The normalized spacial score (nSPS) is 15.7. The zero-order valence-electron chi connectivity index (χ0n) is 22.1. The molecular formula is C30H38FN3OS. The van der Waals surface area contributed by atoms with Gasteiger partial charge in [0, 0.05) is 24.6 Å². The van der Waals surface area contributed by atoms with Gasteiger partial charge in [-0.05, 0) is 90.1 Å². The Morgan fingerprint density at radius 1 is 1.06 bits per heavy atom. The van der Waals surface area contributed by atoms with E-state index < -0.39 is 11.0 Å². The van der Waals surface area contributed by atoms with Crippen molar-refractivity contribution >= 4 is 11.0 Å². The van der Waals surface area contributed by atoms with E-state index in [4.69, 9.17) is 10.9 Å². The molecule has 2 atom stereocenters. The van der Waals surface area contributed by atoms with Gasteiger partial charge in [0.05, 0.1) is 4.90 Å². The van der Waals surface area contributed by atoms with Gasteiger partial charge in [-0.2, -0.15) is 0 Å². The summed E-state index contributed by atoms with van der Waals surface area (Å²) in [4.78, 5) is 2.75. The van der Waals surface area contributed by atoms with Gasteiger partial charge in [-0.3, -0.25) is 0 Å². The van der Waals surface area contributed by atoms with Gasteiger partial charge >= 0.3 is 0 Å². The fourth-order valence-corrected chi connectivity index (χ4v) is 5.01. The third kappa shape index (κ3) is 6.90. The van der Waals surface area contributed by atoms with Crippen LogP contribution in [0.5, 0.6) is 0 Å². The maximum atomic E-state index is 13.6. The predicted molar refractivity (Wildman–Crippen MR) is 149 cm³/mol. The number of aryl methyl sites for hydroxylation is 1. The van der Waals surface area contributed by atoms with Crippen molar-refractivity contribution in [2.75, 3.05) is 14.1 Å². The van der Waals surface area contributed by atoms with E-state index in [2.05, 4.69) is 43.9 Å². The number of benzene rings is 3. The van der Waals surface area contributed by atoms with E-state index in [1.165, 1.54) is 22.3 Å². The molecule has 3 aromatic carbocycles. The first-order chi connectivity index (χ1) is 17.0. The highest BCUT2D eigenvalue weighted by molar-refractivity contribution is 7.82. The molecule has 1 aliphatic rings. The van der Waals surface area contributed by atoms with Gasteiger partial charge in [-0.1, -0.05) is 57.2 Å². The van der Waals surface area contributed by atoms with Crippen LogP contribution in [0.2, 0.25) is 0 Å². The van der Waals surface area contributed by atoms with Gasteiger partial charge in [-0.15, -0.1) is 0 Å². The number of fused-ring (bicyclic) bond motifs is 1. The van der Waals surface area contributed by atoms with Crippen molar-refractivity contribution in [2.24, 2.45) is 10.9 Å². The summed E-state index contributed by atoms with van der Waals surface area (Å²) >= 11 is 0. The zero-order chi connectivity index (χ0) is 26.6. The Morgan fingerprint density at radius 2 is 1.72 bits per heavy atom. The molecule has 3 aromatic rings. The second-order valence-corrected chi connectivity index (χ2v) is 11.2. The van der Waals surface area contributed by atoms with Crippen LogP contribution in [0.3, 0.4) is 0 Å². The van der Waals surface area contributed by atoms with Crippen molar-refractivity contribution in [2.45, 2.75) is 57.4 Å². The molecule has 2 unspecified atom stereocenters. The summed E-state index contributed by atoms with van der Waals surface area (Å²) in [5.41, 5.74) is 15.3. The van der Waals surface area contributed by atoms with Crippen LogP contribution in [0.15, 0.2) is 71.3 Å². The number of nitrogens with two attached hydrogens (primary N) is 2. The first-order valence-corrected chi connectivity index (χ1v) is 13.5. The minimum Gasteiger partial charge on any atom is -0.402 e. The highest BCUT2D eigenvalue weighted by Gasteiger charge is 2.21. The first-order valence-electron chi connectivity index (χ1n) is 12.3. The van der Waals surface area contributed by atoms with Gasteiger partial charge < -0.3 is 10.6 Å². The molecule has 36 heavy (non-hydrogen) atoms. The summed E-state index contributed by atoms with van der Waals surface area (Å²) < 4.78 is 24.4. The van der Waals surface area contributed by atoms with Crippen molar-refractivity contribution in [1.29, 1.82) is 0 Å². The van der Waals surface area contributed by atoms with E-state index in [1.54, 1.807) is 18.2 Å². The number of rotatable bonds is 5. The van der Waals surface area contributed by atoms with E-state index in [-0.39, 0.29) is 5.82 Å². The van der Waals surface area contributed by atoms with Gasteiger partial charge in [0.2, 0.25) is 0 Å². The van der Waals surface area contributed by atoms with Crippen molar-refractivity contribution in [3.8, 4) is 11.1 Å². The fourth-order valence-electron chi connectivity index (χ4n) is 4.60. The molecule has 0 fully saturated rings. The standard InChI is InChI=1S/C21H24FN.C9H14N2OS/c1-12(2)18-9-16(15-5-6-21(22)14(4)7-15)10-19-13(3)8-17(23)11-20(18)19;1-11(2)7-8-3-5-9(6-4-8)13(10)12/h5-10,12-13H,11,23H2,1-4H3;3-6H,7,10H2,1-2H3. The molecule has 0 radical (unpaired) electrons.